The fourth-order valence-corrected chi connectivity index (χ4v) is 1.81. The normalized spacial score (nSPS) is 20.9. The van der Waals surface area contributed by atoms with E-state index in [9.17, 15) is 9.59 Å². The maximum Gasteiger partial charge on any atom is 0.315 e. The Labute approximate surface area is 101 Å². The third kappa shape index (κ3) is 6.11. The Bertz CT molecular complexity index is 264. The van der Waals surface area contributed by atoms with Gasteiger partial charge in [0.05, 0.1) is 12.5 Å². The van der Waals surface area contributed by atoms with Crippen molar-refractivity contribution >= 4 is 12.0 Å². The molecule has 0 aliphatic carbocycles. The Morgan fingerprint density at radius 1 is 1.53 bits per heavy atom. The van der Waals surface area contributed by atoms with E-state index in [1.165, 1.54) is 0 Å². The molecule has 0 spiro atoms. The number of amides is 2. The second kappa shape index (κ2) is 7.11. The first kappa shape index (κ1) is 13.8. The maximum atomic E-state index is 11.4. The fraction of sp³-hybridized carbons (Fsp3) is 0.818. The van der Waals surface area contributed by atoms with Gasteiger partial charge in [-0.05, 0) is 26.2 Å². The molecule has 0 radical (unpaired) electrons. The number of carbonyl (C=O) groups excluding carboxylic acids is 1. The molecule has 1 saturated heterocycles. The standard InChI is InChI=1S/C11H20N2O4/c1-8(7-10(14)15)13-11(16)12-5-4-9-3-2-6-17-9/h8-9H,2-7H2,1H3,(H,14,15)(H2,12,13,16). The van der Waals surface area contributed by atoms with Crippen LogP contribution in [0.3, 0.4) is 0 Å². The zero-order chi connectivity index (χ0) is 12.7. The summed E-state index contributed by atoms with van der Waals surface area (Å²) < 4.78 is 5.42. The molecule has 6 nitrogen and oxygen atoms in total. The summed E-state index contributed by atoms with van der Waals surface area (Å²) in [7, 11) is 0. The van der Waals surface area contributed by atoms with Crippen molar-refractivity contribution in [1.29, 1.82) is 0 Å². The molecule has 6 heteroatoms. The third-order valence-corrected chi connectivity index (χ3v) is 2.63. The SMILES string of the molecule is CC(CC(=O)O)NC(=O)NCCC1CCCO1. The van der Waals surface area contributed by atoms with Crippen LogP contribution in [0.4, 0.5) is 4.79 Å². The first-order chi connectivity index (χ1) is 8.08. The first-order valence-corrected chi connectivity index (χ1v) is 5.95. The minimum atomic E-state index is -0.919. The number of carbonyl (C=O) groups is 2. The van der Waals surface area contributed by atoms with Crippen LogP contribution < -0.4 is 10.6 Å². The van der Waals surface area contributed by atoms with Crippen LogP contribution in [0.5, 0.6) is 0 Å². The summed E-state index contributed by atoms with van der Waals surface area (Å²) in [6.07, 6.45) is 3.14. The molecule has 0 bridgehead atoms. The Kier molecular flexibility index (Phi) is 5.76. The van der Waals surface area contributed by atoms with E-state index >= 15 is 0 Å². The molecule has 1 aliphatic heterocycles. The summed E-state index contributed by atoms with van der Waals surface area (Å²) in [5.41, 5.74) is 0. The van der Waals surface area contributed by atoms with Gasteiger partial charge in [-0.3, -0.25) is 4.79 Å². The van der Waals surface area contributed by atoms with Gasteiger partial charge in [0.1, 0.15) is 0 Å². The molecule has 1 rings (SSSR count). The molecule has 0 aromatic carbocycles. The highest BCUT2D eigenvalue weighted by Crippen LogP contribution is 2.14. The van der Waals surface area contributed by atoms with Crippen LogP contribution in [0.25, 0.3) is 0 Å². The van der Waals surface area contributed by atoms with E-state index < -0.39 is 5.97 Å². The Morgan fingerprint density at radius 3 is 2.88 bits per heavy atom. The maximum absolute atomic E-state index is 11.4. The van der Waals surface area contributed by atoms with Gasteiger partial charge in [-0.15, -0.1) is 0 Å². The molecule has 1 fully saturated rings. The summed E-state index contributed by atoms with van der Waals surface area (Å²) in [5, 5.41) is 13.8. The van der Waals surface area contributed by atoms with Gasteiger partial charge in [-0.2, -0.15) is 0 Å². The Morgan fingerprint density at radius 2 is 2.29 bits per heavy atom. The van der Waals surface area contributed by atoms with Crippen LogP contribution in [0.15, 0.2) is 0 Å². The van der Waals surface area contributed by atoms with E-state index in [1.54, 1.807) is 6.92 Å². The van der Waals surface area contributed by atoms with E-state index in [0.717, 1.165) is 25.9 Å². The van der Waals surface area contributed by atoms with Crippen molar-refractivity contribution in [2.45, 2.75) is 44.8 Å². The topological polar surface area (TPSA) is 87.7 Å². The minimum absolute atomic E-state index is 0.0703. The molecule has 1 aliphatic rings. The zero-order valence-electron chi connectivity index (χ0n) is 10.1. The smallest absolute Gasteiger partial charge is 0.315 e. The molecule has 0 aromatic heterocycles. The monoisotopic (exact) mass is 244 g/mol. The average Bonchev–Trinajstić information content (AvgIpc) is 2.68. The lowest BCUT2D eigenvalue weighted by molar-refractivity contribution is -0.137. The molecule has 2 atom stereocenters. The van der Waals surface area contributed by atoms with Gasteiger partial charge in [-0.1, -0.05) is 0 Å². The quantitative estimate of drug-likeness (QED) is 0.642. The number of aliphatic carboxylic acids is 1. The van der Waals surface area contributed by atoms with Gasteiger partial charge in [0, 0.05) is 19.2 Å². The van der Waals surface area contributed by atoms with Crippen molar-refractivity contribution in [2.75, 3.05) is 13.2 Å². The molecular formula is C11H20N2O4. The summed E-state index contributed by atoms with van der Waals surface area (Å²) in [4.78, 5) is 21.7. The predicted molar refractivity (Wildman–Crippen MR) is 61.8 cm³/mol. The summed E-state index contributed by atoms with van der Waals surface area (Å²) in [6.45, 7) is 3.02. The van der Waals surface area contributed by atoms with Crippen molar-refractivity contribution in [2.24, 2.45) is 0 Å². The van der Waals surface area contributed by atoms with E-state index in [4.69, 9.17) is 9.84 Å². The molecule has 2 amide bonds. The van der Waals surface area contributed by atoms with Gasteiger partial charge in [0.2, 0.25) is 0 Å². The molecule has 0 aromatic rings. The van der Waals surface area contributed by atoms with Gasteiger partial charge < -0.3 is 20.5 Å². The lowest BCUT2D eigenvalue weighted by Crippen LogP contribution is -2.42. The zero-order valence-corrected chi connectivity index (χ0v) is 10.1. The van der Waals surface area contributed by atoms with Crippen LogP contribution in [0.1, 0.15) is 32.6 Å². The number of hydrogen-bond donors (Lipinski definition) is 3. The highest BCUT2D eigenvalue weighted by atomic mass is 16.5. The van der Waals surface area contributed by atoms with Crippen molar-refractivity contribution in [3.63, 3.8) is 0 Å². The number of rotatable bonds is 6. The summed E-state index contributed by atoms with van der Waals surface area (Å²) in [6, 6.07) is -0.688. The minimum Gasteiger partial charge on any atom is -0.481 e. The fourth-order valence-electron chi connectivity index (χ4n) is 1.81. The third-order valence-electron chi connectivity index (χ3n) is 2.63. The average molecular weight is 244 g/mol. The Balaban J connectivity index is 2.05. The van der Waals surface area contributed by atoms with Crippen LogP contribution in [0.2, 0.25) is 0 Å². The number of nitrogens with one attached hydrogen (secondary N) is 2. The van der Waals surface area contributed by atoms with Crippen molar-refractivity contribution in [3.8, 4) is 0 Å². The van der Waals surface area contributed by atoms with E-state index in [0.29, 0.717) is 6.54 Å². The van der Waals surface area contributed by atoms with E-state index in [2.05, 4.69) is 10.6 Å². The van der Waals surface area contributed by atoms with E-state index in [-0.39, 0.29) is 24.6 Å². The van der Waals surface area contributed by atoms with Gasteiger partial charge >= 0.3 is 12.0 Å². The van der Waals surface area contributed by atoms with Crippen molar-refractivity contribution in [1.82, 2.24) is 10.6 Å². The lowest BCUT2D eigenvalue weighted by Gasteiger charge is -2.14. The number of urea groups is 1. The highest BCUT2D eigenvalue weighted by molar-refractivity contribution is 5.75. The van der Waals surface area contributed by atoms with Gasteiger partial charge in [0.25, 0.3) is 0 Å². The molecule has 0 saturated carbocycles. The molecule has 1 heterocycles. The molecular weight excluding hydrogens is 224 g/mol. The second-order valence-corrected chi connectivity index (χ2v) is 4.32. The first-order valence-electron chi connectivity index (χ1n) is 5.95. The molecule has 98 valence electrons. The van der Waals surface area contributed by atoms with Crippen LogP contribution in [-0.2, 0) is 9.53 Å². The largest absolute Gasteiger partial charge is 0.481 e. The molecule has 17 heavy (non-hydrogen) atoms. The number of carboxylic acids is 1. The van der Waals surface area contributed by atoms with Crippen LogP contribution in [-0.4, -0.2) is 42.4 Å². The molecule has 3 N–H and O–H groups in total. The van der Waals surface area contributed by atoms with Crippen LogP contribution >= 0.6 is 0 Å². The second-order valence-electron chi connectivity index (χ2n) is 4.32. The summed E-state index contributed by atoms with van der Waals surface area (Å²) >= 11 is 0. The lowest BCUT2D eigenvalue weighted by atomic mass is 10.2. The summed E-state index contributed by atoms with van der Waals surface area (Å²) in [5.74, 6) is -0.919. The van der Waals surface area contributed by atoms with Gasteiger partial charge in [0.15, 0.2) is 0 Å². The molecule has 2 unspecified atom stereocenters. The highest BCUT2D eigenvalue weighted by Gasteiger charge is 2.15. The number of hydrogen-bond acceptors (Lipinski definition) is 3. The number of carboxylic acid groups (broad SMARTS) is 1. The van der Waals surface area contributed by atoms with Crippen molar-refractivity contribution in [3.05, 3.63) is 0 Å². The van der Waals surface area contributed by atoms with Crippen LogP contribution in [0, 0.1) is 0 Å². The van der Waals surface area contributed by atoms with Crippen molar-refractivity contribution < 1.29 is 19.4 Å². The Hall–Kier alpha value is -1.30. The van der Waals surface area contributed by atoms with E-state index in [1.807, 2.05) is 0 Å². The van der Waals surface area contributed by atoms with Gasteiger partial charge in [-0.25, -0.2) is 4.79 Å². The number of ether oxygens (including phenoxy) is 1. The predicted octanol–water partition coefficient (Wildman–Crippen LogP) is 0.718.